The van der Waals surface area contributed by atoms with Crippen LogP contribution in [0.1, 0.15) is 32.4 Å². The summed E-state index contributed by atoms with van der Waals surface area (Å²) in [5.41, 5.74) is 0.553. The molecule has 0 saturated carbocycles. The average molecular weight is 332 g/mol. The van der Waals surface area contributed by atoms with Crippen molar-refractivity contribution in [3.05, 3.63) is 18.0 Å². The lowest BCUT2D eigenvalue weighted by atomic mass is 10.0. The van der Waals surface area contributed by atoms with Crippen LogP contribution < -0.4 is 5.32 Å². The van der Waals surface area contributed by atoms with Gasteiger partial charge in [0.1, 0.15) is 6.54 Å². The van der Waals surface area contributed by atoms with E-state index < -0.39 is 12.7 Å². The van der Waals surface area contributed by atoms with Crippen molar-refractivity contribution in [2.45, 2.75) is 52.0 Å². The van der Waals surface area contributed by atoms with E-state index in [4.69, 9.17) is 0 Å². The predicted molar refractivity (Wildman–Crippen MR) is 79.6 cm³/mol. The number of rotatable bonds is 5. The highest BCUT2D eigenvalue weighted by Crippen LogP contribution is 2.19. The standard InChI is InChI=1S/C15H23F3N4O/c1-11(2)8-13-14(23)19-5-3-6-21(13)9-12-4-7-22(20-12)10-15(16,17)18/h4,7,11,13H,3,5-6,8-10H2,1-2H3,(H,19,23). The maximum Gasteiger partial charge on any atom is 0.408 e. The SMILES string of the molecule is CC(C)CC1C(=O)NCCCN1Cc1ccn(CC(F)(F)F)n1. The lowest BCUT2D eigenvalue weighted by Gasteiger charge is -2.28. The minimum absolute atomic E-state index is 0.00840. The van der Waals surface area contributed by atoms with Crippen LogP contribution in [-0.2, 0) is 17.9 Å². The molecule has 0 radical (unpaired) electrons. The van der Waals surface area contributed by atoms with Gasteiger partial charge in [-0.15, -0.1) is 0 Å². The summed E-state index contributed by atoms with van der Waals surface area (Å²) < 4.78 is 38.1. The number of aromatic nitrogens is 2. The zero-order valence-electron chi connectivity index (χ0n) is 13.4. The van der Waals surface area contributed by atoms with E-state index in [9.17, 15) is 18.0 Å². The first-order valence-electron chi connectivity index (χ1n) is 7.85. The van der Waals surface area contributed by atoms with Gasteiger partial charge in [0.25, 0.3) is 0 Å². The van der Waals surface area contributed by atoms with Gasteiger partial charge >= 0.3 is 6.18 Å². The van der Waals surface area contributed by atoms with Gasteiger partial charge in [0.2, 0.25) is 5.91 Å². The lowest BCUT2D eigenvalue weighted by Crippen LogP contribution is -2.44. The van der Waals surface area contributed by atoms with Gasteiger partial charge in [-0.2, -0.15) is 18.3 Å². The average Bonchev–Trinajstić information content (AvgIpc) is 2.76. The van der Waals surface area contributed by atoms with Gasteiger partial charge in [-0.25, -0.2) is 0 Å². The molecule has 2 rings (SSSR count). The lowest BCUT2D eigenvalue weighted by molar-refractivity contribution is -0.142. The fourth-order valence-corrected chi connectivity index (χ4v) is 2.79. The molecule has 0 aromatic carbocycles. The van der Waals surface area contributed by atoms with E-state index in [1.54, 1.807) is 6.07 Å². The Bertz CT molecular complexity index is 527. The summed E-state index contributed by atoms with van der Waals surface area (Å²) in [7, 11) is 0. The zero-order valence-corrected chi connectivity index (χ0v) is 13.4. The number of carbonyl (C=O) groups excluding carboxylic acids is 1. The Hall–Kier alpha value is -1.57. The number of carbonyl (C=O) groups is 1. The summed E-state index contributed by atoms with van der Waals surface area (Å²) in [6, 6.07) is 1.33. The van der Waals surface area contributed by atoms with Crippen molar-refractivity contribution in [2.24, 2.45) is 5.92 Å². The zero-order chi connectivity index (χ0) is 17.0. The summed E-state index contributed by atoms with van der Waals surface area (Å²) in [4.78, 5) is 14.2. The fraction of sp³-hybridized carbons (Fsp3) is 0.733. The molecule has 1 unspecified atom stereocenters. The molecule has 2 heterocycles. The van der Waals surface area contributed by atoms with Crippen molar-refractivity contribution >= 4 is 5.91 Å². The summed E-state index contributed by atoms with van der Waals surface area (Å²) in [5, 5.41) is 6.88. The van der Waals surface area contributed by atoms with Crippen LogP contribution in [0.25, 0.3) is 0 Å². The Morgan fingerprint density at radius 1 is 1.43 bits per heavy atom. The van der Waals surface area contributed by atoms with Crippen LogP contribution in [0, 0.1) is 5.92 Å². The third-order valence-corrected chi connectivity index (χ3v) is 3.76. The second-order valence-corrected chi connectivity index (χ2v) is 6.38. The summed E-state index contributed by atoms with van der Waals surface area (Å²) >= 11 is 0. The number of alkyl halides is 3. The first-order chi connectivity index (χ1) is 10.7. The maximum absolute atomic E-state index is 12.4. The van der Waals surface area contributed by atoms with Crippen molar-refractivity contribution < 1.29 is 18.0 Å². The molecule has 0 spiro atoms. The third-order valence-electron chi connectivity index (χ3n) is 3.76. The highest BCUT2D eigenvalue weighted by atomic mass is 19.4. The van der Waals surface area contributed by atoms with E-state index in [0.29, 0.717) is 24.7 Å². The molecule has 5 nitrogen and oxygen atoms in total. The van der Waals surface area contributed by atoms with E-state index in [2.05, 4.69) is 24.3 Å². The summed E-state index contributed by atoms with van der Waals surface area (Å²) in [5.74, 6) is 0.347. The van der Waals surface area contributed by atoms with Crippen LogP contribution in [0.4, 0.5) is 13.2 Å². The quantitative estimate of drug-likeness (QED) is 0.899. The van der Waals surface area contributed by atoms with E-state index >= 15 is 0 Å². The van der Waals surface area contributed by atoms with Crippen molar-refractivity contribution in [1.29, 1.82) is 0 Å². The van der Waals surface area contributed by atoms with Gasteiger partial charge in [0.05, 0.1) is 11.7 Å². The molecule has 8 heteroatoms. The number of halogens is 3. The van der Waals surface area contributed by atoms with Gasteiger partial charge in [0.15, 0.2) is 0 Å². The van der Waals surface area contributed by atoms with Crippen LogP contribution in [0.5, 0.6) is 0 Å². The molecule has 0 bridgehead atoms. The first-order valence-corrected chi connectivity index (χ1v) is 7.85. The molecule has 1 amide bonds. The Morgan fingerprint density at radius 3 is 2.83 bits per heavy atom. The highest BCUT2D eigenvalue weighted by molar-refractivity contribution is 5.81. The fourth-order valence-electron chi connectivity index (χ4n) is 2.79. The van der Waals surface area contributed by atoms with Gasteiger partial charge < -0.3 is 5.32 Å². The van der Waals surface area contributed by atoms with Crippen LogP contribution in [0.2, 0.25) is 0 Å². The molecule has 130 valence electrons. The number of hydrogen-bond acceptors (Lipinski definition) is 3. The first kappa shape index (κ1) is 17.8. The Balaban J connectivity index is 2.07. The van der Waals surface area contributed by atoms with Gasteiger partial charge in [-0.05, 0) is 24.8 Å². The predicted octanol–water partition coefficient (Wildman–Crippen LogP) is 2.18. The minimum Gasteiger partial charge on any atom is -0.355 e. The molecule has 1 N–H and O–H groups in total. The molecule has 23 heavy (non-hydrogen) atoms. The topological polar surface area (TPSA) is 50.2 Å². The Kier molecular flexibility index (Phi) is 5.67. The molecule has 1 aromatic heterocycles. The molecule has 1 aromatic rings. The molecule has 1 aliphatic heterocycles. The van der Waals surface area contributed by atoms with Crippen LogP contribution in [0.3, 0.4) is 0 Å². The number of nitrogens with zero attached hydrogens (tertiary/aromatic N) is 3. The number of amides is 1. The second kappa shape index (κ2) is 7.33. The maximum atomic E-state index is 12.4. The van der Waals surface area contributed by atoms with Crippen molar-refractivity contribution in [3.63, 3.8) is 0 Å². The Labute approximate surface area is 133 Å². The van der Waals surface area contributed by atoms with E-state index in [1.165, 1.54) is 6.20 Å². The van der Waals surface area contributed by atoms with E-state index in [1.807, 2.05) is 4.90 Å². The highest BCUT2D eigenvalue weighted by Gasteiger charge is 2.30. The number of hydrogen-bond donors (Lipinski definition) is 1. The smallest absolute Gasteiger partial charge is 0.355 e. The molecule has 1 saturated heterocycles. The molecule has 0 aliphatic carbocycles. The minimum atomic E-state index is -4.29. The van der Waals surface area contributed by atoms with Crippen molar-refractivity contribution in [3.8, 4) is 0 Å². The van der Waals surface area contributed by atoms with Crippen LogP contribution in [-0.4, -0.2) is 45.9 Å². The molecule has 1 fully saturated rings. The van der Waals surface area contributed by atoms with Crippen LogP contribution in [0.15, 0.2) is 12.3 Å². The molecule has 1 atom stereocenters. The van der Waals surface area contributed by atoms with Gasteiger partial charge in [-0.1, -0.05) is 13.8 Å². The van der Waals surface area contributed by atoms with Crippen molar-refractivity contribution in [1.82, 2.24) is 20.0 Å². The molecular weight excluding hydrogens is 309 g/mol. The summed E-state index contributed by atoms with van der Waals surface area (Å²) in [6.07, 6.45) is -1.41. The number of nitrogens with one attached hydrogen (secondary N) is 1. The van der Waals surface area contributed by atoms with E-state index in [-0.39, 0.29) is 11.9 Å². The van der Waals surface area contributed by atoms with Gasteiger partial charge in [-0.3, -0.25) is 14.4 Å². The van der Waals surface area contributed by atoms with Crippen molar-refractivity contribution in [2.75, 3.05) is 13.1 Å². The second-order valence-electron chi connectivity index (χ2n) is 6.38. The third kappa shape index (κ3) is 5.53. The molecule has 1 aliphatic rings. The summed E-state index contributed by atoms with van der Waals surface area (Å²) in [6.45, 7) is 4.75. The monoisotopic (exact) mass is 332 g/mol. The largest absolute Gasteiger partial charge is 0.408 e. The van der Waals surface area contributed by atoms with Crippen LogP contribution >= 0.6 is 0 Å². The normalized spacial score (nSPS) is 20.6. The molecular formula is C15H23F3N4O. The Morgan fingerprint density at radius 2 is 2.17 bits per heavy atom. The van der Waals surface area contributed by atoms with Gasteiger partial charge in [0, 0.05) is 25.8 Å². The van der Waals surface area contributed by atoms with E-state index in [0.717, 1.165) is 24.1 Å².